The fraction of sp³-hybridized carbons (Fsp3) is 0.400. The molecule has 0 amide bonds. The number of aliphatic hydroxyl groups excluding tert-OH is 2. The predicted octanol–water partition coefficient (Wildman–Crippen LogP) is 1.73. The molecule has 0 saturated carbocycles. The maximum absolute atomic E-state index is 10.9. The number of rotatable bonds is 4. The van der Waals surface area contributed by atoms with Crippen molar-refractivity contribution < 1.29 is 15.1 Å². The molecule has 1 aromatic rings. The number of hydrogen-bond donors (Lipinski definition) is 2. The van der Waals surface area contributed by atoms with Gasteiger partial charge in [-0.25, -0.2) is 0 Å². The Kier molecular flexibility index (Phi) is 4.28. The molecule has 2 N–H and O–H groups in total. The van der Waals surface area contributed by atoms with Crippen LogP contribution in [-0.2, 0) is 0 Å². The summed E-state index contributed by atoms with van der Waals surface area (Å²) in [6.07, 6.45) is -2.12. The molecule has 2 atom stereocenters. The zero-order valence-corrected chi connectivity index (χ0v) is 10.1. The van der Waals surface area contributed by atoms with Crippen LogP contribution in [0.15, 0.2) is 18.2 Å². The molecular formula is C10H13ClN2O4. The fourth-order valence-electron chi connectivity index (χ4n) is 1.58. The van der Waals surface area contributed by atoms with E-state index in [4.69, 9.17) is 11.6 Å². The largest absolute Gasteiger partial charge is 0.374 e. The molecule has 94 valence electrons. The summed E-state index contributed by atoms with van der Waals surface area (Å²) in [5, 5.41) is 30.1. The van der Waals surface area contributed by atoms with Crippen molar-refractivity contribution in [2.75, 3.05) is 4.90 Å². The van der Waals surface area contributed by atoms with Crippen molar-refractivity contribution in [3.63, 3.8) is 0 Å². The number of nitrogens with zero attached hydrogens (tertiary/aromatic N) is 2. The molecule has 0 aromatic heterocycles. The average Bonchev–Trinajstić information content (AvgIpc) is 2.19. The van der Waals surface area contributed by atoms with E-state index >= 15 is 0 Å². The molecule has 0 fully saturated rings. The Morgan fingerprint density at radius 1 is 1.35 bits per heavy atom. The third kappa shape index (κ3) is 3.06. The van der Waals surface area contributed by atoms with Gasteiger partial charge >= 0.3 is 0 Å². The lowest BCUT2D eigenvalue weighted by molar-refractivity contribution is -0.384. The molecule has 0 heterocycles. The highest BCUT2D eigenvalue weighted by Crippen LogP contribution is 2.32. The monoisotopic (exact) mass is 260 g/mol. The van der Waals surface area contributed by atoms with Gasteiger partial charge in [-0.15, -0.1) is 0 Å². The van der Waals surface area contributed by atoms with Crippen molar-refractivity contribution in [2.45, 2.75) is 26.3 Å². The van der Waals surface area contributed by atoms with E-state index in [2.05, 4.69) is 0 Å². The second-order valence-corrected chi connectivity index (χ2v) is 4.00. The Morgan fingerprint density at radius 2 is 1.88 bits per heavy atom. The van der Waals surface area contributed by atoms with Crippen molar-refractivity contribution in [3.8, 4) is 0 Å². The topological polar surface area (TPSA) is 86.8 Å². The van der Waals surface area contributed by atoms with Gasteiger partial charge in [-0.1, -0.05) is 11.6 Å². The molecule has 0 aliphatic rings. The molecular weight excluding hydrogens is 248 g/mol. The van der Waals surface area contributed by atoms with Gasteiger partial charge in [0.2, 0.25) is 0 Å². The van der Waals surface area contributed by atoms with Gasteiger partial charge in [-0.05, 0) is 26.0 Å². The van der Waals surface area contributed by atoms with E-state index < -0.39 is 17.4 Å². The first-order chi connectivity index (χ1) is 7.84. The highest BCUT2D eigenvalue weighted by Gasteiger charge is 2.25. The van der Waals surface area contributed by atoms with Crippen LogP contribution in [0.5, 0.6) is 0 Å². The van der Waals surface area contributed by atoms with Crippen LogP contribution in [0.1, 0.15) is 13.8 Å². The second kappa shape index (κ2) is 5.31. The summed E-state index contributed by atoms with van der Waals surface area (Å²) in [6.45, 7) is 2.82. The summed E-state index contributed by atoms with van der Waals surface area (Å²) < 4.78 is 0. The van der Waals surface area contributed by atoms with Crippen molar-refractivity contribution >= 4 is 23.0 Å². The first-order valence-electron chi connectivity index (χ1n) is 4.93. The average molecular weight is 261 g/mol. The minimum absolute atomic E-state index is 0.115. The molecule has 0 aliphatic carbocycles. The Bertz CT molecular complexity index is 415. The van der Waals surface area contributed by atoms with Gasteiger partial charge in [-0.2, -0.15) is 0 Å². The molecule has 0 radical (unpaired) electrons. The van der Waals surface area contributed by atoms with Crippen LogP contribution in [0, 0.1) is 10.1 Å². The summed E-state index contributed by atoms with van der Waals surface area (Å²) in [5.41, 5.74) is -0.149. The lowest BCUT2D eigenvalue weighted by Gasteiger charge is -2.30. The molecule has 0 saturated heterocycles. The molecule has 2 unspecified atom stereocenters. The first-order valence-corrected chi connectivity index (χ1v) is 5.30. The summed E-state index contributed by atoms with van der Waals surface area (Å²) in [5.74, 6) is 0. The standard InChI is InChI=1S/C10H13ClN2O4/c1-6(14)12(7(2)15)9-4-3-8(11)5-10(9)13(16)17/h3-7,14-15H,1-2H3. The van der Waals surface area contributed by atoms with E-state index in [0.29, 0.717) is 0 Å². The van der Waals surface area contributed by atoms with Crippen LogP contribution in [0.4, 0.5) is 11.4 Å². The number of hydrogen-bond acceptors (Lipinski definition) is 5. The maximum Gasteiger partial charge on any atom is 0.294 e. The van der Waals surface area contributed by atoms with Crippen molar-refractivity contribution in [1.82, 2.24) is 0 Å². The van der Waals surface area contributed by atoms with Crippen LogP contribution in [0.2, 0.25) is 5.02 Å². The van der Waals surface area contributed by atoms with E-state index in [0.717, 1.165) is 4.90 Å². The van der Waals surface area contributed by atoms with E-state index in [1.165, 1.54) is 32.0 Å². The minimum Gasteiger partial charge on any atom is -0.374 e. The van der Waals surface area contributed by atoms with Crippen molar-refractivity contribution in [1.29, 1.82) is 0 Å². The van der Waals surface area contributed by atoms with Gasteiger partial charge < -0.3 is 15.1 Å². The highest BCUT2D eigenvalue weighted by molar-refractivity contribution is 6.30. The third-order valence-corrected chi connectivity index (χ3v) is 2.45. The van der Waals surface area contributed by atoms with Gasteiger partial charge in [0, 0.05) is 11.1 Å². The molecule has 0 spiro atoms. The van der Waals surface area contributed by atoms with Crippen LogP contribution in [0.25, 0.3) is 0 Å². The van der Waals surface area contributed by atoms with Gasteiger partial charge in [0.25, 0.3) is 5.69 Å². The van der Waals surface area contributed by atoms with Crippen LogP contribution < -0.4 is 4.90 Å². The van der Waals surface area contributed by atoms with Gasteiger partial charge in [0.1, 0.15) is 18.1 Å². The van der Waals surface area contributed by atoms with E-state index in [-0.39, 0.29) is 16.4 Å². The van der Waals surface area contributed by atoms with Gasteiger partial charge in [0.15, 0.2) is 0 Å². The SMILES string of the molecule is CC(O)N(c1ccc(Cl)cc1[N+](=O)[O-])C(C)O. The summed E-state index contributed by atoms with van der Waals surface area (Å²) >= 11 is 5.68. The molecule has 0 bridgehead atoms. The van der Waals surface area contributed by atoms with Crippen LogP contribution in [0.3, 0.4) is 0 Å². The van der Waals surface area contributed by atoms with Crippen molar-refractivity contribution in [2.24, 2.45) is 0 Å². The first kappa shape index (κ1) is 13.7. The summed E-state index contributed by atoms with van der Waals surface area (Å²) in [6, 6.07) is 4.02. The molecule has 0 aliphatic heterocycles. The maximum atomic E-state index is 10.9. The summed E-state index contributed by atoms with van der Waals surface area (Å²) in [7, 11) is 0. The quantitative estimate of drug-likeness (QED) is 0.489. The Morgan fingerprint density at radius 3 is 2.29 bits per heavy atom. The predicted molar refractivity (Wildman–Crippen MR) is 63.9 cm³/mol. The zero-order valence-electron chi connectivity index (χ0n) is 9.37. The van der Waals surface area contributed by atoms with E-state index in [1.54, 1.807) is 0 Å². The molecule has 1 aromatic carbocycles. The molecule has 6 nitrogen and oxygen atoms in total. The number of halogens is 1. The van der Waals surface area contributed by atoms with E-state index in [1.807, 2.05) is 0 Å². The zero-order chi connectivity index (χ0) is 13.2. The highest BCUT2D eigenvalue weighted by atomic mass is 35.5. The Labute approximate surface area is 103 Å². The lowest BCUT2D eigenvalue weighted by Crippen LogP contribution is -2.40. The normalized spacial score (nSPS) is 14.2. The molecule has 17 heavy (non-hydrogen) atoms. The Hall–Kier alpha value is -1.37. The molecule has 1 rings (SSSR count). The van der Waals surface area contributed by atoms with E-state index in [9.17, 15) is 20.3 Å². The lowest BCUT2D eigenvalue weighted by atomic mass is 10.2. The number of aliphatic hydroxyl groups is 2. The Balaban J connectivity index is 3.32. The molecule has 7 heteroatoms. The van der Waals surface area contributed by atoms with Crippen LogP contribution in [-0.4, -0.2) is 27.6 Å². The van der Waals surface area contributed by atoms with Gasteiger partial charge in [0.05, 0.1) is 4.92 Å². The number of benzene rings is 1. The second-order valence-electron chi connectivity index (χ2n) is 3.56. The smallest absolute Gasteiger partial charge is 0.294 e. The third-order valence-electron chi connectivity index (χ3n) is 2.22. The van der Waals surface area contributed by atoms with Gasteiger partial charge in [-0.3, -0.25) is 10.1 Å². The number of anilines is 1. The fourth-order valence-corrected chi connectivity index (χ4v) is 1.74. The van der Waals surface area contributed by atoms with Crippen molar-refractivity contribution in [3.05, 3.63) is 33.3 Å². The van der Waals surface area contributed by atoms with Crippen LogP contribution >= 0.6 is 11.6 Å². The summed E-state index contributed by atoms with van der Waals surface area (Å²) in [4.78, 5) is 11.4. The number of nitro groups is 1. The minimum atomic E-state index is -1.06. The number of nitro benzene ring substituents is 1.